The van der Waals surface area contributed by atoms with Gasteiger partial charge in [-0.2, -0.15) is 0 Å². The van der Waals surface area contributed by atoms with Crippen molar-refractivity contribution in [2.24, 2.45) is 11.8 Å². The van der Waals surface area contributed by atoms with Crippen LogP contribution in [0, 0.1) is 11.8 Å². The lowest BCUT2D eigenvalue weighted by atomic mass is 9.89. The number of aliphatic hydroxyl groups is 1. The van der Waals surface area contributed by atoms with Gasteiger partial charge in [0.2, 0.25) is 17.7 Å². The molecule has 0 bridgehead atoms. The van der Waals surface area contributed by atoms with Gasteiger partial charge in [-0.25, -0.2) is 4.79 Å². The molecule has 10 heteroatoms. The number of carbonyl (C=O) groups is 4. The Morgan fingerprint density at radius 2 is 1.77 bits per heavy atom. The summed E-state index contributed by atoms with van der Waals surface area (Å²) >= 11 is 0. The molecule has 1 aliphatic rings. The maximum Gasteiger partial charge on any atom is 0.408 e. The van der Waals surface area contributed by atoms with E-state index in [-0.39, 0.29) is 18.2 Å². The van der Waals surface area contributed by atoms with Crippen LogP contribution in [0.3, 0.4) is 0 Å². The first-order valence-electron chi connectivity index (χ1n) is 14.9. The highest BCUT2D eigenvalue weighted by molar-refractivity contribution is 5.91. The fourth-order valence-corrected chi connectivity index (χ4v) is 4.52. The maximum absolute atomic E-state index is 13.1. The summed E-state index contributed by atoms with van der Waals surface area (Å²) in [5.74, 6) is -1.23. The Balaban J connectivity index is 3.00. The topological polar surface area (TPSA) is 146 Å². The van der Waals surface area contributed by atoms with E-state index in [2.05, 4.69) is 47.3 Å². The Labute approximate surface area is 240 Å². The van der Waals surface area contributed by atoms with Gasteiger partial charge in [0.05, 0.1) is 12.1 Å². The van der Waals surface area contributed by atoms with E-state index >= 15 is 0 Å². The van der Waals surface area contributed by atoms with Gasteiger partial charge in [-0.15, -0.1) is 0 Å². The van der Waals surface area contributed by atoms with E-state index in [0.717, 1.165) is 32.1 Å². The minimum atomic E-state index is -0.933. The minimum Gasteiger partial charge on any atom is -0.444 e. The molecule has 5 N–H and O–H groups in total. The first-order chi connectivity index (χ1) is 18.7. The Morgan fingerprint density at radius 1 is 1.10 bits per heavy atom. The van der Waals surface area contributed by atoms with Crippen molar-refractivity contribution in [1.29, 1.82) is 0 Å². The van der Waals surface area contributed by atoms with E-state index in [1.165, 1.54) is 0 Å². The smallest absolute Gasteiger partial charge is 0.408 e. The van der Waals surface area contributed by atoms with E-state index in [1.54, 1.807) is 34.6 Å². The fraction of sp³-hybridized carbons (Fsp3) is 0.800. The molecule has 0 saturated heterocycles. The van der Waals surface area contributed by atoms with Gasteiger partial charge in [-0.3, -0.25) is 14.4 Å². The monoisotopic (exact) mass is 566 g/mol. The van der Waals surface area contributed by atoms with Gasteiger partial charge in [-0.05, 0) is 85.0 Å². The molecule has 0 unspecified atom stereocenters. The van der Waals surface area contributed by atoms with E-state index < -0.39 is 53.7 Å². The SMILES string of the molecule is CCCCNC(=O)[C@H](C)C[C@H](O)[C@@H]1C[C@H](C)CCC=CCCC[C@H](NC(=O)OC(C)(C)C)C(=O)N[C@@H](C)C(=O)N1. The van der Waals surface area contributed by atoms with Crippen molar-refractivity contribution in [2.75, 3.05) is 6.54 Å². The summed E-state index contributed by atoms with van der Waals surface area (Å²) < 4.78 is 5.32. The molecule has 0 aromatic rings. The summed E-state index contributed by atoms with van der Waals surface area (Å²) in [7, 11) is 0. The number of nitrogens with one attached hydrogen (secondary N) is 4. The highest BCUT2D eigenvalue weighted by Gasteiger charge is 2.30. The van der Waals surface area contributed by atoms with Crippen LogP contribution in [0.4, 0.5) is 4.79 Å². The van der Waals surface area contributed by atoms with Crippen molar-refractivity contribution in [2.45, 2.75) is 136 Å². The number of ether oxygens (including phenoxy) is 1. The summed E-state index contributed by atoms with van der Waals surface area (Å²) in [6.45, 7) is 13.3. The highest BCUT2D eigenvalue weighted by Crippen LogP contribution is 2.20. The second kappa shape index (κ2) is 17.9. The molecule has 0 spiro atoms. The highest BCUT2D eigenvalue weighted by atomic mass is 16.6. The zero-order valence-electron chi connectivity index (χ0n) is 25.7. The number of alkyl carbamates (subject to hydrolysis) is 1. The number of aliphatic hydroxyl groups excluding tert-OH is 1. The first-order valence-corrected chi connectivity index (χ1v) is 14.9. The van der Waals surface area contributed by atoms with Crippen molar-refractivity contribution in [3.05, 3.63) is 12.2 Å². The number of amides is 4. The molecule has 0 fully saturated rings. The standard InChI is InChI=1S/C30H54N4O6/c1-8-9-17-31-26(36)21(3)19-25(35)24-18-20(2)15-13-11-10-12-14-16-23(34-29(39)40-30(5,6)7)28(38)32-22(4)27(37)33-24/h10-11,20-25,35H,8-9,12-19H2,1-7H3,(H,31,36)(H,32,38)(H,33,37)(H,34,39)/t20-,21-,22+,23+,24+,25+/m1/s1. The van der Waals surface area contributed by atoms with Gasteiger partial charge in [0.1, 0.15) is 17.7 Å². The normalized spacial score (nSPS) is 25.2. The van der Waals surface area contributed by atoms with Gasteiger partial charge in [-0.1, -0.05) is 39.3 Å². The molecule has 1 heterocycles. The Bertz CT molecular complexity index is 841. The molecule has 10 nitrogen and oxygen atoms in total. The third-order valence-corrected chi connectivity index (χ3v) is 6.94. The zero-order chi connectivity index (χ0) is 30.3. The first kappa shape index (κ1) is 35.4. The van der Waals surface area contributed by atoms with Crippen LogP contribution in [-0.4, -0.2) is 65.3 Å². The van der Waals surface area contributed by atoms with Crippen molar-refractivity contribution >= 4 is 23.8 Å². The van der Waals surface area contributed by atoms with Crippen molar-refractivity contribution < 1.29 is 29.0 Å². The minimum absolute atomic E-state index is 0.116. The average Bonchev–Trinajstić information content (AvgIpc) is 2.85. The van der Waals surface area contributed by atoms with Gasteiger partial charge in [0.25, 0.3) is 0 Å². The van der Waals surface area contributed by atoms with Gasteiger partial charge < -0.3 is 31.1 Å². The Hall–Kier alpha value is -2.62. The molecule has 6 atom stereocenters. The van der Waals surface area contributed by atoms with Gasteiger partial charge >= 0.3 is 6.09 Å². The predicted molar refractivity (Wildman–Crippen MR) is 156 cm³/mol. The summed E-state index contributed by atoms with van der Waals surface area (Å²) in [5.41, 5.74) is -0.713. The fourth-order valence-electron chi connectivity index (χ4n) is 4.52. The second-order valence-electron chi connectivity index (χ2n) is 12.2. The molecule has 230 valence electrons. The molecular formula is C30H54N4O6. The lowest BCUT2D eigenvalue weighted by molar-refractivity contribution is -0.130. The average molecular weight is 567 g/mol. The van der Waals surface area contributed by atoms with Crippen LogP contribution in [0.15, 0.2) is 12.2 Å². The molecule has 4 amide bonds. The molecule has 1 aliphatic heterocycles. The quantitative estimate of drug-likeness (QED) is 0.224. The number of hydrogen-bond donors (Lipinski definition) is 5. The largest absolute Gasteiger partial charge is 0.444 e. The number of unbranched alkanes of at least 4 members (excludes halogenated alkanes) is 1. The lowest BCUT2D eigenvalue weighted by Crippen LogP contribution is -2.55. The van der Waals surface area contributed by atoms with Gasteiger partial charge in [0.15, 0.2) is 0 Å². The molecule has 0 aromatic heterocycles. The van der Waals surface area contributed by atoms with E-state index in [1.807, 2.05) is 0 Å². The van der Waals surface area contributed by atoms with Crippen LogP contribution in [0.5, 0.6) is 0 Å². The van der Waals surface area contributed by atoms with Crippen LogP contribution in [0.1, 0.15) is 106 Å². The van der Waals surface area contributed by atoms with Gasteiger partial charge in [0, 0.05) is 12.5 Å². The summed E-state index contributed by atoms with van der Waals surface area (Å²) in [5, 5.41) is 22.3. The van der Waals surface area contributed by atoms with Crippen molar-refractivity contribution in [3.8, 4) is 0 Å². The molecule has 40 heavy (non-hydrogen) atoms. The van der Waals surface area contributed by atoms with E-state index in [0.29, 0.717) is 25.8 Å². The number of hydrogen-bond acceptors (Lipinski definition) is 6. The van der Waals surface area contributed by atoms with Crippen molar-refractivity contribution in [3.63, 3.8) is 0 Å². The van der Waals surface area contributed by atoms with E-state index in [9.17, 15) is 24.3 Å². The third-order valence-electron chi connectivity index (χ3n) is 6.94. The molecule has 0 aliphatic carbocycles. The number of rotatable bonds is 8. The third kappa shape index (κ3) is 14.7. The van der Waals surface area contributed by atoms with Crippen LogP contribution in [0.25, 0.3) is 0 Å². The van der Waals surface area contributed by atoms with E-state index in [4.69, 9.17) is 4.74 Å². The Morgan fingerprint density at radius 3 is 2.42 bits per heavy atom. The molecule has 0 radical (unpaired) electrons. The zero-order valence-corrected chi connectivity index (χ0v) is 25.7. The summed E-state index contributed by atoms with van der Waals surface area (Å²) in [6, 6.07) is -2.34. The maximum atomic E-state index is 13.1. The Kier molecular flexibility index (Phi) is 15.9. The second-order valence-corrected chi connectivity index (χ2v) is 12.2. The summed E-state index contributed by atoms with van der Waals surface area (Å²) in [4.78, 5) is 51.1. The number of carbonyl (C=O) groups excluding carboxylic acids is 4. The van der Waals surface area contributed by atoms with Crippen LogP contribution >= 0.6 is 0 Å². The molecule has 1 rings (SSSR count). The summed E-state index contributed by atoms with van der Waals surface area (Å²) in [6.07, 6.45) is 8.73. The lowest BCUT2D eigenvalue weighted by Gasteiger charge is -2.30. The van der Waals surface area contributed by atoms with Crippen molar-refractivity contribution in [1.82, 2.24) is 21.3 Å². The number of allylic oxidation sites excluding steroid dienone is 2. The molecule has 0 saturated carbocycles. The van der Waals surface area contributed by atoms with Crippen LogP contribution < -0.4 is 21.3 Å². The molecular weight excluding hydrogens is 512 g/mol. The van der Waals surface area contributed by atoms with Crippen LogP contribution in [0.2, 0.25) is 0 Å². The predicted octanol–water partition coefficient (Wildman–Crippen LogP) is 3.72. The molecule has 0 aromatic carbocycles. The van der Waals surface area contributed by atoms with Crippen LogP contribution in [-0.2, 0) is 19.1 Å².